The van der Waals surface area contributed by atoms with Crippen LogP contribution in [-0.2, 0) is 16.1 Å². The van der Waals surface area contributed by atoms with E-state index in [1.54, 1.807) is 4.80 Å². The van der Waals surface area contributed by atoms with Crippen molar-refractivity contribution in [3.8, 4) is 11.4 Å². The summed E-state index contributed by atoms with van der Waals surface area (Å²) in [7, 11) is 0. The first kappa shape index (κ1) is 21.9. The third-order valence-electron chi connectivity index (χ3n) is 5.53. The fourth-order valence-corrected chi connectivity index (χ4v) is 3.69. The average Bonchev–Trinajstić information content (AvgIpc) is 3.26. The molecule has 8 heteroatoms. The number of carbonyl (C=O) groups excluding carboxylic acids is 2. The van der Waals surface area contributed by atoms with Gasteiger partial charge in [-0.2, -0.15) is 4.80 Å². The van der Waals surface area contributed by atoms with E-state index in [1.807, 2.05) is 35.2 Å². The quantitative estimate of drug-likeness (QED) is 0.606. The number of benzene rings is 1. The minimum atomic E-state index is 0.0337. The molecule has 0 aliphatic carbocycles. The van der Waals surface area contributed by atoms with Crippen LogP contribution < -0.4 is 5.32 Å². The molecule has 1 aromatic heterocycles. The van der Waals surface area contributed by atoms with Gasteiger partial charge < -0.3 is 10.2 Å². The van der Waals surface area contributed by atoms with E-state index in [-0.39, 0.29) is 17.7 Å². The largest absolute Gasteiger partial charge is 0.356 e. The Bertz CT molecular complexity index is 799. The fraction of sp³-hybridized carbons (Fsp3) is 0.591. The van der Waals surface area contributed by atoms with Crippen molar-refractivity contribution in [3.05, 3.63) is 30.3 Å². The zero-order chi connectivity index (χ0) is 21.2. The Labute approximate surface area is 178 Å². The van der Waals surface area contributed by atoms with Crippen LogP contribution in [0.25, 0.3) is 11.4 Å². The summed E-state index contributed by atoms with van der Waals surface area (Å²) in [5.41, 5.74) is 0.928. The molecule has 0 bridgehead atoms. The number of amides is 2. The van der Waals surface area contributed by atoms with Gasteiger partial charge in [-0.15, -0.1) is 10.2 Å². The molecule has 0 radical (unpaired) electrons. The number of tetrazole rings is 1. The van der Waals surface area contributed by atoms with Gasteiger partial charge in [-0.25, -0.2) is 0 Å². The highest BCUT2D eigenvalue weighted by Gasteiger charge is 2.26. The molecule has 1 aliphatic rings. The lowest BCUT2D eigenvalue weighted by Crippen LogP contribution is -2.43. The number of nitrogens with one attached hydrogen (secondary N) is 1. The molecule has 8 nitrogen and oxygen atoms in total. The number of piperidine rings is 1. The third kappa shape index (κ3) is 6.37. The molecule has 1 fully saturated rings. The van der Waals surface area contributed by atoms with Crippen LogP contribution in [-0.4, -0.2) is 56.6 Å². The van der Waals surface area contributed by atoms with Gasteiger partial charge in [0.25, 0.3) is 0 Å². The Morgan fingerprint density at radius 1 is 1.10 bits per heavy atom. The van der Waals surface area contributed by atoms with Crippen molar-refractivity contribution in [2.45, 2.75) is 58.4 Å². The lowest BCUT2D eigenvalue weighted by molar-refractivity contribution is -0.135. The van der Waals surface area contributed by atoms with Crippen LogP contribution in [0.3, 0.4) is 0 Å². The van der Waals surface area contributed by atoms with E-state index in [1.165, 1.54) is 0 Å². The van der Waals surface area contributed by atoms with Crippen molar-refractivity contribution in [3.63, 3.8) is 0 Å². The molecule has 0 saturated carbocycles. The van der Waals surface area contributed by atoms with Crippen molar-refractivity contribution in [1.29, 1.82) is 0 Å². The first-order valence-corrected chi connectivity index (χ1v) is 11.1. The van der Waals surface area contributed by atoms with Gasteiger partial charge in [-0.05, 0) is 30.9 Å². The number of hydrogen-bond acceptors (Lipinski definition) is 5. The highest BCUT2D eigenvalue weighted by atomic mass is 16.2. The smallest absolute Gasteiger partial charge is 0.223 e. The molecule has 1 saturated heterocycles. The van der Waals surface area contributed by atoms with Crippen molar-refractivity contribution in [1.82, 2.24) is 30.4 Å². The predicted molar refractivity (Wildman–Crippen MR) is 114 cm³/mol. The molecular weight excluding hydrogens is 380 g/mol. The second-order valence-corrected chi connectivity index (χ2v) is 7.83. The first-order chi connectivity index (χ1) is 14.7. The molecule has 1 N–H and O–H groups in total. The van der Waals surface area contributed by atoms with Crippen LogP contribution in [0.5, 0.6) is 0 Å². The topological polar surface area (TPSA) is 93.0 Å². The number of unbranched alkanes of at least 4 members (excludes halogenated alkanes) is 2. The summed E-state index contributed by atoms with van der Waals surface area (Å²) in [4.78, 5) is 28.2. The van der Waals surface area contributed by atoms with Gasteiger partial charge >= 0.3 is 0 Å². The maximum absolute atomic E-state index is 12.5. The Hall–Kier alpha value is -2.77. The SMILES string of the molecule is CCCCCNC(=O)C1CCN(C(=O)CCCn2nnc(-c3ccccc3)n2)CC1. The van der Waals surface area contributed by atoms with Gasteiger partial charge in [-0.3, -0.25) is 9.59 Å². The summed E-state index contributed by atoms with van der Waals surface area (Å²) in [6.07, 6.45) is 5.94. The zero-order valence-corrected chi connectivity index (χ0v) is 17.8. The normalized spacial score (nSPS) is 14.6. The van der Waals surface area contributed by atoms with Gasteiger partial charge in [0.1, 0.15) is 0 Å². The van der Waals surface area contributed by atoms with Crippen molar-refractivity contribution in [2.24, 2.45) is 5.92 Å². The predicted octanol–water partition coefficient (Wildman–Crippen LogP) is 2.67. The second-order valence-electron chi connectivity index (χ2n) is 7.83. The zero-order valence-electron chi connectivity index (χ0n) is 17.8. The van der Waals surface area contributed by atoms with E-state index in [2.05, 4.69) is 27.7 Å². The maximum atomic E-state index is 12.5. The monoisotopic (exact) mass is 412 g/mol. The van der Waals surface area contributed by atoms with E-state index in [0.717, 1.165) is 44.2 Å². The molecule has 1 aliphatic heterocycles. The number of hydrogen-bond donors (Lipinski definition) is 1. The Morgan fingerprint density at radius 2 is 1.87 bits per heavy atom. The standard InChI is InChI=1S/C22H32N6O2/c1-2-3-7-14-23-22(30)19-12-16-27(17-13-19)20(29)11-8-15-28-25-21(24-26-28)18-9-5-4-6-10-18/h4-6,9-10,19H,2-3,7-8,11-17H2,1H3,(H,23,30). The molecule has 2 amide bonds. The number of rotatable bonds is 10. The molecule has 3 rings (SSSR count). The summed E-state index contributed by atoms with van der Waals surface area (Å²) in [6.45, 7) is 4.78. The van der Waals surface area contributed by atoms with Gasteiger partial charge in [-0.1, -0.05) is 50.1 Å². The summed E-state index contributed by atoms with van der Waals surface area (Å²) >= 11 is 0. The molecule has 1 aromatic carbocycles. The average molecular weight is 413 g/mol. The molecule has 162 valence electrons. The van der Waals surface area contributed by atoms with Gasteiger partial charge in [0.05, 0.1) is 6.54 Å². The fourth-order valence-electron chi connectivity index (χ4n) is 3.69. The lowest BCUT2D eigenvalue weighted by atomic mass is 9.95. The number of likely N-dealkylation sites (tertiary alicyclic amines) is 1. The Balaban J connectivity index is 1.34. The van der Waals surface area contributed by atoms with Crippen molar-refractivity contribution >= 4 is 11.8 Å². The Kier molecular flexibility index (Phi) is 8.35. The number of carbonyl (C=O) groups is 2. The number of aromatic nitrogens is 4. The van der Waals surface area contributed by atoms with E-state index >= 15 is 0 Å². The van der Waals surface area contributed by atoms with Gasteiger partial charge in [0, 0.05) is 37.5 Å². The van der Waals surface area contributed by atoms with Crippen LogP contribution in [0.4, 0.5) is 0 Å². The van der Waals surface area contributed by atoms with Crippen LogP contribution in [0, 0.1) is 5.92 Å². The molecule has 0 unspecified atom stereocenters. The summed E-state index contributed by atoms with van der Waals surface area (Å²) in [5.74, 6) is 0.910. The molecule has 30 heavy (non-hydrogen) atoms. The van der Waals surface area contributed by atoms with Gasteiger partial charge in [0.15, 0.2) is 0 Å². The Morgan fingerprint density at radius 3 is 2.60 bits per heavy atom. The molecule has 2 heterocycles. The highest BCUT2D eigenvalue weighted by Crippen LogP contribution is 2.18. The summed E-state index contributed by atoms with van der Waals surface area (Å²) in [6, 6.07) is 9.71. The summed E-state index contributed by atoms with van der Waals surface area (Å²) in [5, 5.41) is 15.6. The lowest BCUT2D eigenvalue weighted by Gasteiger charge is -2.31. The third-order valence-corrected chi connectivity index (χ3v) is 5.53. The minimum absolute atomic E-state index is 0.0337. The van der Waals surface area contributed by atoms with Crippen LogP contribution >= 0.6 is 0 Å². The maximum Gasteiger partial charge on any atom is 0.223 e. The van der Waals surface area contributed by atoms with E-state index in [4.69, 9.17) is 0 Å². The molecule has 0 spiro atoms. The van der Waals surface area contributed by atoms with E-state index in [9.17, 15) is 9.59 Å². The van der Waals surface area contributed by atoms with E-state index < -0.39 is 0 Å². The van der Waals surface area contributed by atoms with Crippen LogP contribution in [0.1, 0.15) is 51.9 Å². The molecule has 0 atom stereocenters. The van der Waals surface area contributed by atoms with E-state index in [0.29, 0.717) is 38.3 Å². The molecular formula is C22H32N6O2. The van der Waals surface area contributed by atoms with Crippen molar-refractivity contribution < 1.29 is 9.59 Å². The number of aryl methyl sites for hydroxylation is 1. The van der Waals surface area contributed by atoms with Crippen molar-refractivity contribution in [2.75, 3.05) is 19.6 Å². The van der Waals surface area contributed by atoms with Gasteiger partial charge in [0.2, 0.25) is 17.6 Å². The van der Waals surface area contributed by atoms with Crippen LogP contribution in [0.2, 0.25) is 0 Å². The summed E-state index contributed by atoms with van der Waals surface area (Å²) < 4.78 is 0. The minimum Gasteiger partial charge on any atom is -0.356 e. The molecule has 2 aromatic rings. The first-order valence-electron chi connectivity index (χ1n) is 11.1. The highest BCUT2D eigenvalue weighted by molar-refractivity contribution is 5.80. The second kappa shape index (κ2) is 11.4. The number of nitrogens with zero attached hydrogens (tertiary/aromatic N) is 5. The van der Waals surface area contributed by atoms with Crippen LogP contribution in [0.15, 0.2) is 30.3 Å².